The van der Waals surface area contributed by atoms with Crippen molar-refractivity contribution in [3.05, 3.63) is 18.2 Å². The second-order valence-corrected chi connectivity index (χ2v) is 8.63. The molecule has 0 aromatic carbocycles. The van der Waals surface area contributed by atoms with Crippen molar-refractivity contribution in [3.63, 3.8) is 0 Å². The van der Waals surface area contributed by atoms with E-state index in [1.54, 1.807) is 13.8 Å². The topological polar surface area (TPSA) is 281 Å². The van der Waals surface area contributed by atoms with Gasteiger partial charge in [-0.1, -0.05) is 13.8 Å². The van der Waals surface area contributed by atoms with Crippen LogP contribution in [0.5, 0.6) is 0 Å². The Bertz CT molecular complexity index is 962. The third-order valence-corrected chi connectivity index (χ3v) is 5.15. The summed E-state index contributed by atoms with van der Waals surface area (Å²) in [6, 6.07) is -5.15. The number of H-pyrrole nitrogens is 1. The molecule has 0 saturated carbocycles. The number of amides is 3. The van der Waals surface area contributed by atoms with Gasteiger partial charge in [0.1, 0.15) is 18.1 Å². The summed E-state index contributed by atoms with van der Waals surface area (Å²) < 4.78 is 0. The fourth-order valence-corrected chi connectivity index (χ4v) is 3.20. The van der Waals surface area contributed by atoms with E-state index in [2.05, 4.69) is 30.9 Å². The van der Waals surface area contributed by atoms with E-state index in [-0.39, 0.29) is 31.8 Å². The van der Waals surface area contributed by atoms with Crippen LogP contribution in [-0.2, 0) is 30.4 Å². The van der Waals surface area contributed by atoms with Crippen LogP contribution in [0.2, 0.25) is 0 Å². The quantitative estimate of drug-likeness (QED) is 0.0595. The zero-order valence-electron chi connectivity index (χ0n) is 20.6. The van der Waals surface area contributed by atoms with Crippen LogP contribution >= 0.6 is 0 Å². The highest BCUT2D eigenvalue weighted by Crippen LogP contribution is 2.07. The van der Waals surface area contributed by atoms with Crippen LogP contribution in [0.4, 0.5) is 0 Å². The van der Waals surface area contributed by atoms with Crippen molar-refractivity contribution in [1.82, 2.24) is 25.9 Å². The summed E-state index contributed by atoms with van der Waals surface area (Å²) >= 11 is 0. The summed E-state index contributed by atoms with van der Waals surface area (Å²) in [5.74, 6) is -5.90. The molecule has 0 fully saturated rings. The number of hydrogen-bond donors (Lipinski definition) is 9. The lowest BCUT2D eigenvalue weighted by Gasteiger charge is -2.26. The molecular weight excluding hydrogens is 490 g/mol. The number of nitrogens with zero attached hydrogens (tertiary/aromatic N) is 2. The lowest BCUT2D eigenvalue weighted by atomic mass is 10.0. The summed E-state index contributed by atoms with van der Waals surface area (Å²) in [5.41, 5.74) is 16.9. The van der Waals surface area contributed by atoms with Crippen LogP contribution in [0.3, 0.4) is 0 Å². The summed E-state index contributed by atoms with van der Waals surface area (Å²) in [5, 5.41) is 25.7. The number of carboxylic acid groups (broad SMARTS) is 2. The second-order valence-electron chi connectivity index (χ2n) is 8.63. The maximum Gasteiger partial charge on any atom is 0.326 e. The number of aliphatic carboxylic acids is 2. The maximum atomic E-state index is 12.9. The van der Waals surface area contributed by atoms with Crippen LogP contribution in [0.25, 0.3) is 0 Å². The molecule has 0 aliphatic carbocycles. The second kappa shape index (κ2) is 15.0. The molecule has 37 heavy (non-hydrogen) atoms. The molecule has 1 aromatic heterocycles. The number of carbonyl (C=O) groups excluding carboxylic acids is 3. The Morgan fingerprint density at radius 1 is 1.03 bits per heavy atom. The van der Waals surface area contributed by atoms with E-state index in [0.717, 1.165) is 0 Å². The third kappa shape index (κ3) is 11.4. The predicted octanol–water partition coefficient (Wildman–Crippen LogP) is -3.00. The molecule has 1 heterocycles. The monoisotopic (exact) mass is 525 g/mol. The minimum atomic E-state index is -1.61. The van der Waals surface area contributed by atoms with Gasteiger partial charge in [0, 0.05) is 24.9 Å². The number of imidazole rings is 1. The number of guanidine groups is 1. The molecule has 0 saturated heterocycles. The average molecular weight is 526 g/mol. The number of nitrogens with two attached hydrogens (primary N) is 3. The zero-order chi connectivity index (χ0) is 28.1. The Labute approximate surface area is 212 Å². The number of aromatic nitrogens is 2. The molecule has 12 N–H and O–H groups in total. The molecule has 16 nitrogen and oxygen atoms in total. The Balaban J connectivity index is 2.88. The number of carbonyl (C=O) groups is 5. The van der Waals surface area contributed by atoms with Crippen LogP contribution < -0.4 is 33.2 Å². The Hall–Kier alpha value is -4.21. The Morgan fingerprint density at radius 3 is 2.19 bits per heavy atom. The first-order valence-electron chi connectivity index (χ1n) is 11.5. The van der Waals surface area contributed by atoms with Crippen molar-refractivity contribution in [2.75, 3.05) is 6.54 Å². The van der Waals surface area contributed by atoms with Crippen molar-refractivity contribution >= 4 is 35.6 Å². The highest BCUT2D eigenvalue weighted by molar-refractivity contribution is 5.95. The largest absolute Gasteiger partial charge is 0.481 e. The number of rotatable bonds is 16. The van der Waals surface area contributed by atoms with Crippen LogP contribution in [-0.4, -0.2) is 86.5 Å². The maximum absolute atomic E-state index is 12.9. The number of aromatic amines is 1. The highest BCUT2D eigenvalue weighted by Gasteiger charge is 2.32. The van der Waals surface area contributed by atoms with Gasteiger partial charge in [-0.3, -0.25) is 24.2 Å². The summed E-state index contributed by atoms with van der Waals surface area (Å²) in [6.45, 7) is 3.39. The normalized spacial score (nSPS) is 14.1. The minimum absolute atomic E-state index is 0.0511. The van der Waals surface area contributed by atoms with E-state index >= 15 is 0 Å². The van der Waals surface area contributed by atoms with Gasteiger partial charge in [0.25, 0.3) is 0 Å². The zero-order valence-corrected chi connectivity index (χ0v) is 20.6. The van der Waals surface area contributed by atoms with Gasteiger partial charge in [0.15, 0.2) is 5.96 Å². The van der Waals surface area contributed by atoms with E-state index < -0.39 is 66.2 Å². The van der Waals surface area contributed by atoms with E-state index in [4.69, 9.17) is 17.2 Å². The first kappa shape index (κ1) is 30.8. The third-order valence-electron chi connectivity index (χ3n) is 5.15. The molecule has 1 rings (SSSR count). The molecule has 4 atom stereocenters. The smallest absolute Gasteiger partial charge is 0.326 e. The van der Waals surface area contributed by atoms with Gasteiger partial charge >= 0.3 is 11.9 Å². The minimum Gasteiger partial charge on any atom is -0.481 e. The van der Waals surface area contributed by atoms with Crippen molar-refractivity contribution in [1.29, 1.82) is 0 Å². The van der Waals surface area contributed by atoms with E-state index in [1.807, 2.05) is 0 Å². The standard InChI is InChI=1S/C21H35N9O7/c1-10(2)16(30-17(33)12(22)6-11-8-25-9-27-11)19(35)29-14(7-15(31)32)18(34)28-13(20(36)37)4-3-5-26-21(23)24/h8-10,12-14,16H,3-7,22H2,1-2H3,(H,25,27)(H,28,34)(H,29,35)(H,30,33)(H,31,32)(H,36,37)(H4,23,24,26). The van der Waals surface area contributed by atoms with Gasteiger partial charge in [-0.2, -0.15) is 0 Å². The molecular formula is C21H35N9O7. The molecule has 4 unspecified atom stereocenters. The Kier molecular flexibility index (Phi) is 12.5. The van der Waals surface area contributed by atoms with E-state index in [1.165, 1.54) is 12.5 Å². The fraction of sp³-hybridized carbons (Fsp3) is 0.571. The molecule has 0 aliphatic heterocycles. The van der Waals surface area contributed by atoms with Crippen molar-refractivity contribution < 1.29 is 34.2 Å². The predicted molar refractivity (Wildman–Crippen MR) is 131 cm³/mol. The number of carboxylic acids is 2. The van der Waals surface area contributed by atoms with Crippen molar-refractivity contribution in [3.8, 4) is 0 Å². The average Bonchev–Trinajstić information content (AvgIpc) is 3.30. The number of hydrogen-bond acceptors (Lipinski definition) is 8. The summed E-state index contributed by atoms with van der Waals surface area (Å²) in [7, 11) is 0. The SMILES string of the molecule is CC(C)C(NC(=O)C(N)Cc1cnc[nH]1)C(=O)NC(CC(=O)O)C(=O)NC(CCCN=C(N)N)C(=O)O. The van der Waals surface area contributed by atoms with Gasteiger partial charge in [0.2, 0.25) is 17.7 Å². The molecule has 0 bridgehead atoms. The molecule has 0 spiro atoms. The summed E-state index contributed by atoms with van der Waals surface area (Å²) in [6.07, 6.45) is 2.39. The van der Waals surface area contributed by atoms with E-state index in [0.29, 0.717) is 5.69 Å². The van der Waals surface area contributed by atoms with Gasteiger partial charge in [-0.15, -0.1) is 0 Å². The molecule has 16 heteroatoms. The van der Waals surface area contributed by atoms with Gasteiger partial charge < -0.3 is 48.3 Å². The number of aliphatic imine (C=N–C) groups is 1. The first-order valence-corrected chi connectivity index (χ1v) is 11.5. The van der Waals surface area contributed by atoms with Gasteiger partial charge in [-0.25, -0.2) is 9.78 Å². The lowest BCUT2D eigenvalue weighted by Crippen LogP contribution is -2.58. The van der Waals surface area contributed by atoms with E-state index in [9.17, 15) is 34.2 Å². The fourth-order valence-electron chi connectivity index (χ4n) is 3.20. The number of nitrogens with one attached hydrogen (secondary N) is 4. The highest BCUT2D eigenvalue weighted by atomic mass is 16.4. The summed E-state index contributed by atoms with van der Waals surface area (Å²) in [4.78, 5) is 71.5. The van der Waals surface area contributed by atoms with Crippen LogP contribution in [0, 0.1) is 5.92 Å². The molecule has 0 aliphatic rings. The first-order chi connectivity index (χ1) is 17.3. The van der Waals surface area contributed by atoms with Gasteiger partial charge in [0.05, 0.1) is 18.8 Å². The van der Waals surface area contributed by atoms with Crippen molar-refractivity contribution in [2.45, 2.75) is 63.7 Å². The Morgan fingerprint density at radius 2 is 1.68 bits per heavy atom. The van der Waals surface area contributed by atoms with Crippen molar-refractivity contribution in [2.24, 2.45) is 28.1 Å². The van der Waals surface area contributed by atoms with Crippen LogP contribution in [0.1, 0.15) is 38.8 Å². The molecule has 3 amide bonds. The van der Waals surface area contributed by atoms with Gasteiger partial charge in [-0.05, 0) is 18.8 Å². The lowest BCUT2D eigenvalue weighted by molar-refractivity contribution is -0.144. The molecule has 1 aromatic rings. The molecule has 0 radical (unpaired) electrons. The molecule has 206 valence electrons. The van der Waals surface area contributed by atoms with Crippen LogP contribution in [0.15, 0.2) is 17.5 Å².